The van der Waals surface area contributed by atoms with Gasteiger partial charge in [-0.05, 0) is 40.5 Å². The molecule has 0 spiro atoms. The van der Waals surface area contributed by atoms with Gasteiger partial charge in [-0.1, -0.05) is 48.5 Å². The number of nitrogens with one attached hydrogen (secondary N) is 1. The molecule has 1 N–H and O–H groups in total. The number of carbonyl (C=O) groups excluding carboxylic acids is 1. The number of methoxy groups -OCH3 is 1. The molecular formula is C20H18BrClN4O2S. The summed E-state index contributed by atoms with van der Waals surface area (Å²) in [7, 11) is 1.59. The summed E-state index contributed by atoms with van der Waals surface area (Å²) in [4.78, 5) is 17.9. The van der Waals surface area contributed by atoms with E-state index in [2.05, 4.69) is 28.2 Å². The molecule has 2 aliphatic heterocycles. The molecule has 1 amide bonds. The highest BCUT2D eigenvalue weighted by Gasteiger charge is 2.36. The molecule has 2 aromatic rings. The van der Waals surface area contributed by atoms with Gasteiger partial charge in [-0.3, -0.25) is 15.1 Å². The van der Waals surface area contributed by atoms with Crippen LogP contribution in [0.5, 0.6) is 5.75 Å². The first-order valence-corrected chi connectivity index (χ1v) is 11.2. The lowest BCUT2D eigenvalue weighted by molar-refractivity contribution is -0.116. The Balaban J connectivity index is 1.96. The zero-order valence-electron chi connectivity index (χ0n) is 15.8. The second-order valence-electron chi connectivity index (χ2n) is 6.43. The molecule has 4 rings (SSSR count). The molecule has 150 valence electrons. The van der Waals surface area contributed by atoms with Gasteiger partial charge in [-0.15, -0.1) is 5.10 Å². The van der Waals surface area contributed by atoms with Crippen molar-refractivity contribution in [2.75, 3.05) is 12.9 Å². The molecule has 1 atom stereocenters. The van der Waals surface area contributed by atoms with Crippen molar-refractivity contribution >= 4 is 56.1 Å². The fourth-order valence-corrected chi connectivity index (χ4v) is 4.99. The van der Waals surface area contributed by atoms with Crippen molar-refractivity contribution in [3.05, 3.63) is 62.0 Å². The van der Waals surface area contributed by atoms with E-state index >= 15 is 0 Å². The molecule has 0 aromatic heterocycles. The van der Waals surface area contributed by atoms with Crippen LogP contribution < -0.4 is 20.6 Å². The zero-order valence-corrected chi connectivity index (χ0v) is 18.9. The molecule has 2 aliphatic rings. The number of fused-ring (bicyclic) bond motifs is 2. The summed E-state index contributed by atoms with van der Waals surface area (Å²) < 4.78 is 6.33. The Labute approximate surface area is 185 Å². The number of hydrogen-bond donors (Lipinski definition) is 1. The Kier molecular flexibility index (Phi) is 5.85. The quantitative estimate of drug-likeness (QED) is 0.709. The zero-order chi connectivity index (χ0) is 20.5. The van der Waals surface area contributed by atoms with Gasteiger partial charge in [0.25, 0.3) is 5.91 Å². The summed E-state index contributed by atoms with van der Waals surface area (Å²) in [5.74, 6) is 1.25. The molecule has 0 aliphatic carbocycles. The summed E-state index contributed by atoms with van der Waals surface area (Å²) in [6.45, 7) is 2.08. The minimum atomic E-state index is -0.590. The van der Waals surface area contributed by atoms with E-state index in [1.165, 1.54) is 11.8 Å². The maximum absolute atomic E-state index is 13.0. The average Bonchev–Trinajstić information content (AvgIpc) is 2.70. The molecule has 2 aromatic carbocycles. The van der Waals surface area contributed by atoms with E-state index in [1.807, 2.05) is 24.3 Å². The standard InChI is InChI=1S/C20H18BrClN4O2S/c1-3-8-29-20-24-19(27)16-12-6-4-5-7-15(12)23-18(26(16)25-20)13-9-11(22)10-14(21)17(13)28-2/h4-7,9-10,18H,3,8H2,1-2H3,(H,24,25,27)/t18-/m1/s1. The third-order valence-corrected chi connectivity index (χ3v) is 6.35. The lowest BCUT2D eigenvalue weighted by Crippen LogP contribution is -2.50. The lowest BCUT2D eigenvalue weighted by atomic mass is 10.1. The van der Waals surface area contributed by atoms with E-state index in [0.717, 1.165) is 28.3 Å². The first kappa shape index (κ1) is 20.3. The minimum absolute atomic E-state index is 0.203. The van der Waals surface area contributed by atoms with Crippen LogP contribution in [0.3, 0.4) is 0 Å². The second kappa shape index (κ2) is 8.38. The fourth-order valence-electron chi connectivity index (χ4n) is 3.28. The average molecular weight is 494 g/mol. The van der Waals surface area contributed by atoms with Gasteiger partial charge in [0.15, 0.2) is 11.3 Å². The summed E-state index contributed by atoms with van der Waals surface area (Å²) in [6, 6.07) is 11.1. The van der Waals surface area contributed by atoms with Crippen LogP contribution in [0.1, 0.15) is 25.1 Å². The number of ether oxygens (including phenoxy) is 1. The Bertz CT molecular complexity index is 1140. The Morgan fingerprint density at radius 2 is 2.14 bits per heavy atom. The van der Waals surface area contributed by atoms with Crippen molar-refractivity contribution in [2.45, 2.75) is 19.5 Å². The first-order valence-electron chi connectivity index (χ1n) is 9.05. The van der Waals surface area contributed by atoms with Crippen molar-refractivity contribution in [1.29, 1.82) is 0 Å². The lowest BCUT2D eigenvalue weighted by Gasteiger charge is -2.34. The van der Waals surface area contributed by atoms with E-state index in [9.17, 15) is 4.79 Å². The number of hydrogen-bond acceptors (Lipinski definition) is 6. The number of nitrogens with zero attached hydrogens (tertiary/aromatic N) is 3. The smallest absolute Gasteiger partial charge is 0.276 e. The molecule has 0 saturated heterocycles. The number of amides is 1. The minimum Gasteiger partial charge on any atom is -0.495 e. The third-order valence-electron chi connectivity index (χ3n) is 4.48. The van der Waals surface area contributed by atoms with E-state index in [4.69, 9.17) is 26.4 Å². The van der Waals surface area contributed by atoms with Gasteiger partial charge in [0.1, 0.15) is 11.4 Å². The van der Waals surface area contributed by atoms with E-state index in [0.29, 0.717) is 26.1 Å². The molecule has 9 heteroatoms. The van der Waals surface area contributed by atoms with Gasteiger partial charge in [-0.2, -0.15) is 0 Å². The number of thioether (sulfide) groups is 1. The van der Waals surface area contributed by atoms with Gasteiger partial charge in [-0.25, -0.2) is 5.01 Å². The van der Waals surface area contributed by atoms with E-state index < -0.39 is 6.17 Å². The maximum atomic E-state index is 13.0. The summed E-state index contributed by atoms with van der Waals surface area (Å²) >= 11 is 11.3. The number of rotatable bonds is 4. The highest BCUT2D eigenvalue weighted by atomic mass is 79.9. The van der Waals surface area contributed by atoms with Gasteiger partial charge in [0.2, 0.25) is 0 Å². The maximum Gasteiger partial charge on any atom is 0.276 e. The Morgan fingerprint density at radius 3 is 2.90 bits per heavy atom. The highest BCUT2D eigenvalue weighted by molar-refractivity contribution is 9.10. The van der Waals surface area contributed by atoms with Crippen molar-refractivity contribution < 1.29 is 9.53 Å². The highest BCUT2D eigenvalue weighted by Crippen LogP contribution is 2.41. The fraction of sp³-hybridized carbons (Fsp3) is 0.250. The molecule has 0 unspecified atom stereocenters. The normalized spacial score (nSPS) is 17.7. The summed E-state index contributed by atoms with van der Waals surface area (Å²) in [6.07, 6.45) is 0.384. The molecule has 2 heterocycles. The van der Waals surface area contributed by atoms with Crippen LogP contribution in [0, 0.1) is 0 Å². The third kappa shape index (κ3) is 3.76. The predicted molar refractivity (Wildman–Crippen MR) is 119 cm³/mol. The second-order valence-corrected chi connectivity index (χ2v) is 8.81. The molecule has 6 nitrogen and oxygen atoms in total. The van der Waals surface area contributed by atoms with Crippen LogP contribution in [-0.2, 0) is 4.79 Å². The van der Waals surface area contributed by atoms with Crippen LogP contribution in [0.15, 0.2) is 51.0 Å². The number of amidine groups is 1. The van der Waals surface area contributed by atoms with Crippen LogP contribution in [0.4, 0.5) is 0 Å². The van der Waals surface area contributed by atoms with Crippen LogP contribution in [0.2, 0.25) is 5.02 Å². The van der Waals surface area contributed by atoms with Gasteiger partial charge >= 0.3 is 0 Å². The molecule has 0 bridgehead atoms. The molecule has 0 fully saturated rings. The van der Waals surface area contributed by atoms with Crippen molar-refractivity contribution in [1.82, 2.24) is 10.3 Å². The van der Waals surface area contributed by atoms with Crippen LogP contribution in [-0.4, -0.2) is 28.9 Å². The summed E-state index contributed by atoms with van der Waals surface area (Å²) in [5.41, 5.74) is 1.18. The van der Waals surface area contributed by atoms with E-state index in [1.54, 1.807) is 24.3 Å². The molecule has 0 saturated carbocycles. The van der Waals surface area contributed by atoms with E-state index in [-0.39, 0.29) is 5.91 Å². The number of para-hydroxylation sites is 1. The van der Waals surface area contributed by atoms with Gasteiger partial charge in [0.05, 0.1) is 16.9 Å². The Hall–Kier alpha value is -2.03. The molecule has 29 heavy (non-hydrogen) atoms. The van der Waals surface area contributed by atoms with Crippen LogP contribution >= 0.6 is 39.3 Å². The van der Waals surface area contributed by atoms with Crippen molar-refractivity contribution in [2.24, 2.45) is 10.1 Å². The summed E-state index contributed by atoms with van der Waals surface area (Å²) in [5, 5.41) is 11.8. The van der Waals surface area contributed by atoms with Crippen molar-refractivity contribution in [3.63, 3.8) is 0 Å². The Morgan fingerprint density at radius 1 is 1.34 bits per heavy atom. The van der Waals surface area contributed by atoms with Gasteiger partial charge < -0.3 is 4.74 Å². The number of hydrazone groups is 1. The molecule has 0 radical (unpaired) electrons. The first-order chi connectivity index (χ1) is 14.0. The molecular weight excluding hydrogens is 476 g/mol. The topological polar surface area (TPSA) is 66.3 Å². The van der Waals surface area contributed by atoms with Gasteiger partial charge in [0, 0.05) is 21.6 Å². The SMILES string of the molecule is CCCSC1=NN2C(=c3ccccc3=N[C@H]2c2cc(Cl)cc(Br)c2OC)C(=O)N1. The number of halogens is 2. The predicted octanol–water partition coefficient (Wildman–Crippen LogP) is 3.40. The van der Waals surface area contributed by atoms with Crippen LogP contribution in [0.25, 0.3) is 5.70 Å². The van der Waals surface area contributed by atoms with Crippen molar-refractivity contribution in [3.8, 4) is 5.75 Å². The number of benzene rings is 2. The largest absolute Gasteiger partial charge is 0.495 e. The number of carbonyl (C=O) groups is 1. The monoisotopic (exact) mass is 492 g/mol.